The Hall–Kier alpha value is -2.91. The van der Waals surface area contributed by atoms with E-state index in [1.807, 2.05) is 12.2 Å². The molecule has 0 aromatic heterocycles. The minimum atomic E-state index is -4.62. The normalized spacial score (nSPS) is 19.3. The van der Waals surface area contributed by atoms with Crippen molar-refractivity contribution in [3.05, 3.63) is 72.9 Å². The topological polar surface area (TPSA) is 186 Å². The average Bonchev–Trinajstić information content (AvgIpc) is 3.35. The summed E-state index contributed by atoms with van der Waals surface area (Å²) in [7, 11) is -4.62. The molecule has 12 nitrogen and oxygen atoms in total. The van der Waals surface area contributed by atoms with E-state index in [9.17, 15) is 37.9 Å². The molecule has 2 unspecified atom stereocenters. The molecule has 0 bridgehead atoms. The van der Waals surface area contributed by atoms with Gasteiger partial charge in [-0.3, -0.25) is 14.1 Å². The van der Waals surface area contributed by atoms with Gasteiger partial charge in [0.1, 0.15) is 36.8 Å². The smallest absolute Gasteiger partial charge is 0.306 e. The monoisotopic (exact) mass is 1030 g/mol. The molecule has 1 saturated heterocycles. The lowest BCUT2D eigenvalue weighted by atomic mass is 10.00. The van der Waals surface area contributed by atoms with Crippen LogP contribution in [0.2, 0.25) is 0 Å². The Labute approximate surface area is 438 Å². The first-order valence-electron chi connectivity index (χ1n) is 28.5. The van der Waals surface area contributed by atoms with Crippen LogP contribution in [-0.2, 0) is 38.7 Å². The lowest BCUT2D eigenvalue weighted by molar-refractivity contribution is -0.297. The van der Waals surface area contributed by atoms with Crippen LogP contribution >= 0.6 is 0 Å². The molecule has 4 N–H and O–H groups in total. The fraction of sp³-hybridized carbons (Fsp3) is 0.763. The van der Waals surface area contributed by atoms with Gasteiger partial charge < -0.3 is 34.3 Å². The van der Waals surface area contributed by atoms with Gasteiger partial charge >= 0.3 is 11.9 Å². The third-order valence-electron chi connectivity index (χ3n) is 12.7. The molecule has 1 rings (SSSR count). The molecule has 1 aliphatic heterocycles. The van der Waals surface area contributed by atoms with E-state index in [0.717, 1.165) is 44.9 Å². The molecule has 0 aromatic carbocycles. The molecule has 1 aliphatic rings. The summed E-state index contributed by atoms with van der Waals surface area (Å²) in [5.74, 6) is -2.11. The molecule has 1 fully saturated rings. The van der Waals surface area contributed by atoms with E-state index >= 15 is 0 Å². The van der Waals surface area contributed by atoms with E-state index in [1.165, 1.54) is 135 Å². The third kappa shape index (κ3) is 41.4. The number of ether oxygens (including phenoxy) is 4. The molecule has 1 heterocycles. The first kappa shape index (κ1) is 67.1. The highest BCUT2D eigenvalue weighted by molar-refractivity contribution is 7.85. The quantitative estimate of drug-likeness (QED) is 0.0196. The minimum absolute atomic E-state index is 0.0903. The van der Waals surface area contributed by atoms with Gasteiger partial charge in [-0.1, -0.05) is 209 Å². The third-order valence-corrected chi connectivity index (χ3v) is 13.5. The summed E-state index contributed by atoms with van der Waals surface area (Å²) in [6, 6.07) is 0. The van der Waals surface area contributed by atoms with Crippen molar-refractivity contribution in [1.82, 2.24) is 0 Å². The highest BCUT2D eigenvalue weighted by Crippen LogP contribution is 2.24. The van der Waals surface area contributed by atoms with Crippen molar-refractivity contribution in [2.24, 2.45) is 0 Å². The SMILES string of the molecule is CCCCCCCCC/C=C/C/C=C/C/C=C/C/C=C/CCCC(=O)OC[C@H](CO[C@H]1O[C@H](CS(=O)(=O)O)[C@@H](O)C(O)C1O)OC(=O)CCC/C=C/CC/C=C/CCCCCCCCCCCCCCCC. The number of aliphatic hydroxyl groups excluding tert-OH is 3. The van der Waals surface area contributed by atoms with Crippen LogP contribution in [0.3, 0.4) is 0 Å². The summed E-state index contributed by atoms with van der Waals surface area (Å²) >= 11 is 0. The molecule has 0 amide bonds. The van der Waals surface area contributed by atoms with E-state index in [0.29, 0.717) is 25.7 Å². The fourth-order valence-corrected chi connectivity index (χ4v) is 9.03. The standard InChI is InChI=1S/C59H102O12S/c1-3-5-7-9-11-13-15-17-19-21-23-25-26-28-30-32-34-36-38-40-42-44-46-48-55(61)70-52(50-69-59-58(64)57(63)56(62)53(71-59)51-72(65,66)67)49-68-54(60)47-45-43-41-39-37-35-33-31-29-27-24-22-20-18-16-14-12-10-8-6-4-2/h20,22,27,29,32-35,39-42,52-53,56-59,62-64H,3-19,21,23-26,28,30-31,36-38,43-51H2,1-2H3,(H,65,66,67)/b22-20+,29-27+,34-32+,35-33+,41-39+,42-40+/t52-,53-,56-,57?,58?,59+/m1/s1. The first-order chi connectivity index (χ1) is 35.0. The van der Waals surface area contributed by atoms with Crippen molar-refractivity contribution in [1.29, 1.82) is 0 Å². The predicted octanol–water partition coefficient (Wildman–Crippen LogP) is 13.8. The number of allylic oxidation sites excluding steroid dienone is 12. The molecule has 13 heteroatoms. The molecule has 0 spiro atoms. The Morgan fingerprint density at radius 2 is 0.847 bits per heavy atom. The van der Waals surface area contributed by atoms with Crippen LogP contribution < -0.4 is 0 Å². The van der Waals surface area contributed by atoms with Crippen LogP contribution in [0.1, 0.15) is 232 Å². The summed E-state index contributed by atoms with van der Waals surface area (Å²) in [6.07, 6.45) is 53.9. The molecule has 6 atom stereocenters. The van der Waals surface area contributed by atoms with Gasteiger partial charge in [0.25, 0.3) is 10.1 Å². The number of carbonyl (C=O) groups excluding carboxylic acids is 2. The second kappa shape index (κ2) is 47.8. The molecule has 0 radical (unpaired) electrons. The van der Waals surface area contributed by atoms with Crippen molar-refractivity contribution < 1.29 is 56.8 Å². The molecule has 0 saturated carbocycles. The highest BCUT2D eigenvalue weighted by atomic mass is 32.2. The summed E-state index contributed by atoms with van der Waals surface area (Å²) in [4.78, 5) is 25.6. The van der Waals surface area contributed by atoms with Gasteiger partial charge in [0.05, 0.1) is 6.61 Å². The summed E-state index contributed by atoms with van der Waals surface area (Å²) < 4.78 is 54.2. The van der Waals surface area contributed by atoms with E-state index < -0.39 is 71.2 Å². The molecule has 416 valence electrons. The van der Waals surface area contributed by atoms with Crippen LogP contribution in [-0.4, -0.2) is 96.0 Å². The maximum absolute atomic E-state index is 12.9. The lowest BCUT2D eigenvalue weighted by Crippen LogP contribution is -2.60. The van der Waals surface area contributed by atoms with Crippen molar-refractivity contribution in [2.75, 3.05) is 19.0 Å². The average molecular weight is 1040 g/mol. The van der Waals surface area contributed by atoms with E-state index in [2.05, 4.69) is 74.6 Å². The van der Waals surface area contributed by atoms with Crippen molar-refractivity contribution in [3.63, 3.8) is 0 Å². The van der Waals surface area contributed by atoms with E-state index in [4.69, 9.17) is 18.9 Å². The molecule has 0 aliphatic carbocycles. The Balaban J connectivity index is 2.40. The summed E-state index contributed by atoms with van der Waals surface area (Å²) in [5.41, 5.74) is 0. The van der Waals surface area contributed by atoms with Gasteiger partial charge in [-0.05, 0) is 83.5 Å². The van der Waals surface area contributed by atoms with Gasteiger partial charge in [0.2, 0.25) is 0 Å². The largest absolute Gasteiger partial charge is 0.462 e. The number of hydrogen-bond acceptors (Lipinski definition) is 11. The maximum Gasteiger partial charge on any atom is 0.306 e. The predicted molar refractivity (Wildman–Crippen MR) is 293 cm³/mol. The van der Waals surface area contributed by atoms with Gasteiger partial charge in [-0.2, -0.15) is 8.42 Å². The summed E-state index contributed by atoms with van der Waals surface area (Å²) in [6.45, 7) is 3.72. The molecule has 0 aromatic rings. The Morgan fingerprint density at radius 1 is 0.472 bits per heavy atom. The zero-order valence-electron chi connectivity index (χ0n) is 45.0. The molecular formula is C59H102O12S. The van der Waals surface area contributed by atoms with Crippen molar-refractivity contribution in [3.8, 4) is 0 Å². The zero-order valence-corrected chi connectivity index (χ0v) is 45.8. The van der Waals surface area contributed by atoms with E-state index in [-0.39, 0.29) is 19.4 Å². The van der Waals surface area contributed by atoms with Crippen LogP contribution in [0.15, 0.2) is 72.9 Å². The van der Waals surface area contributed by atoms with Crippen LogP contribution in [0.4, 0.5) is 0 Å². The number of rotatable bonds is 48. The number of esters is 2. The summed E-state index contributed by atoms with van der Waals surface area (Å²) in [5, 5.41) is 31.0. The van der Waals surface area contributed by atoms with Gasteiger partial charge in [0, 0.05) is 12.8 Å². The van der Waals surface area contributed by atoms with Crippen LogP contribution in [0.5, 0.6) is 0 Å². The van der Waals surface area contributed by atoms with Gasteiger partial charge in [-0.15, -0.1) is 0 Å². The van der Waals surface area contributed by atoms with Gasteiger partial charge in [-0.25, -0.2) is 0 Å². The fourth-order valence-electron chi connectivity index (χ4n) is 8.34. The number of unbranched alkanes of at least 4 members (excludes halogenated alkanes) is 24. The first-order valence-corrected chi connectivity index (χ1v) is 30.1. The second-order valence-corrected chi connectivity index (χ2v) is 21.1. The maximum atomic E-state index is 12.9. The number of carbonyl (C=O) groups is 2. The highest BCUT2D eigenvalue weighted by Gasteiger charge is 2.46. The Bertz CT molecular complexity index is 1590. The number of aliphatic hydroxyl groups is 3. The molecular weight excluding hydrogens is 933 g/mol. The minimum Gasteiger partial charge on any atom is -0.462 e. The Kier molecular flexibility index (Phi) is 44.5. The van der Waals surface area contributed by atoms with Crippen molar-refractivity contribution in [2.45, 2.75) is 269 Å². The van der Waals surface area contributed by atoms with E-state index in [1.54, 1.807) is 0 Å². The van der Waals surface area contributed by atoms with Crippen LogP contribution in [0.25, 0.3) is 0 Å². The Morgan fingerprint density at radius 3 is 1.29 bits per heavy atom. The van der Waals surface area contributed by atoms with Crippen molar-refractivity contribution >= 4 is 22.1 Å². The zero-order chi connectivity index (χ0) is 52.6. The van der Waals surface area contributed by atoms with Crippen LogP contribution in [0, 0.1) is 0 Å². The number of hydrogen-bond donors (Lipinski definition) is 4. The second-order valence-electron chi connectivity index (χ2n) is 19.6. The molecule has 72 heavy (non-hydrogen) atoms. The van der Waals surface area contributed by atoms with Gasteiger partial charge in [0.15, 0.2) is 12.4 Å². The lowest BCUT2D eigenvalue weighted by Gasteiger charge is -2.40.